The van der Waals surface area contributed by atoms with Gasteiger partial charge in [0, 0.05) is 6.04 Å². The third kappa shape index (κ3) is 2.58. The van der Waals surface area contributed by atoms with Gasteiger partial charge >= 0.3 is 0 Å². The Bertz CT molecular complexity index is 408. The number of nitrogens with one attached hydrogen (secondary N) is 1. The Morgan fingerprint density at radius 2 is 1.89 bits per heavy atom. The Hall–Kier alpha value is -0.820. The summed E-state index contributed by atoms with van der Waals surface area (Å²) in [7, 11) is 0. The number of benzene rings is 1. The molecule has 19 heavy (non-hydrogen) atoms. The van der Waals surface area contributed by atoms with E-state index in [4.69, 9.17) is 0 Å². The van der Waals surface area contributed by atoms with Crippen LogP contribution in [0.2, 0.25) is 0 Å². The smallest absolute Gasteiger partial charge is 0.0351 e. The van der Waals surface area contributed by atoms with Gasteiger partial charge in [0.15, 0.2) is 0 Å². The fraction of sp³-hybridized carbons (Fsp3) is 0.667. The fourth-order valence-corrected chi connectivity index (χ4v) is 4.40. The predicted octanol–water partition coefficient (Wildman–Crippen LogP) is 4.34. The maximum absolute atomic E-state index is 3.76. The molecule has 2 fully saturated rings. The van der Waals surface area contributed by atoms with Gasteiger partial charge in [0.1, 0.15) is 0 Å². The lowest BCUT2D eigenvalue weighted by molar-refractivity contribution is 0.253. The molecule has 4 unspecified atom stereocenters. The highest BCUT2D eigenvalue weighted by Crippen LogP contribution is 2.52. The van der Waals surface area contributed by atoms with Crippen LogP contribution in [0, 0.1) is 17.8 Å². The molecule has 4 atom stereocenters. The summed E-state index contributed by atoms with van der Waals surface area (Å²) in [5, 5.41) is 3.76. The number of fused-ring (bicyclic) bond motifs is 2. The van der Waals surface area contributed by atoms with Crippen molar-refractivity contribution in [2.24, 2.45) is 17.8 Å². The molecule has 0 amide bonds. The minimum Gasteiger partial charge on any atom is -0.310 e. The van der Waals surface area contributed by atoms with Crippen molar-refractivity contribution < 1.29 is 0 Å². The van der Waals surface area contributed by atoms with E-state index >= 15 is 0 Å². The van der Waals surface area contributed by atoms with Crippen LogP contribution in [0.25, 0.3) is 0 Å². The van der Waals surface area contributed by atoms with Crippen LogP contribution >= 0.6 is 0 Å². The van der Waals surface area contributed by atoms with E-state index in [0.29, 0.717) is 6.04 Å². The summed E-state index contributed by atoms with van der Waals surface area (Å²) in [5.74, 6) is 2.90. The second-order valence-electron chi connectivity index (χ2n) is 6.47. The molecule has 0 spiro atoms. The zero-order chi connectivity index (χ0) is 13.2. The minimum absolute atomic E-state index is 0.589. The van der Waals surface area contributed by atoms with Gasteiger partial charge in [0.25, 0.3) is 0 Å². The first-order valence-electron chi connectivity index (χ1n) is 8.14. The molecule has 2 saturated carbocycles. The van der Waals surface area contributed by atoms with E-state index in [1.807, 2.05) is 0 Å². The molecule has 0 saturated heterocycles. The predicted molar refractivity (Wildman–Crippen MR) is 81.2 cm³/mol. The molecule has 0 heterocycles. The van der Waals surface area contributed by atoms with Crippen molar-refractivity contribution in [2.75, 3.05) is 6.54 Å². The van der Waals surface area contributed by atoms with Gasteiger partial charge in [0.05, 0.1) is 0 Å². The summed E-state index contributed by atoms with van der Waals surface area (Å²) in [6, 6.07) is 9.93. The topological polar surface area (TPSA) is 12.0 Å². The van der Waals surface area contributed by atoms with E-state index in [1.54, 1.807) is 0 Å². The summed E-state index contributed by atoms with van der Waals surface area (Å²) in [4.78, 5) is 0. The minimum atomic E-state index is 0.589. The molecule has 2 aliphatic rings. The van der Waals surface area contributed by atoms with Crippen molar-refractivity contribution in [1.82, 2.24) is 5.32 Å². The summed E-state index contributed by atoms with van der Waals surface area (Å²) >= 11 is 0. The first-order valence-corrected chi connectivity index (χ1v) is 8.14. The Morgan fingerprint density at radius 3 is 2.42 bits per heavy atom. The van der Waals surface area contributed by atoms with Crippen LogP contribution in [0.5, 0.6) is 0 Å². The Kier molecular flexibility index (Phi) is 3.93. The highest BCUT2D eigenvalue weighted by Gasteiger charge is 2.43. The van der Waals surface area contributed by atoms with Crippen LogP contribution in [0.1, 0.15) is 56.7 Å². The SMILES string of the molecule is CCNC(c1ccc(CC)cc1)C1CC2CCC1C2. The molecule has 2 aliphatic carbocycles. The molecular formula is C18H27N. The van der Waals surface area contributed by atoms with Crippen LogP contribution in [0.4, 0.5) is 0 Å². The maximum atomic E-state index is 3.76. The maximum Gasteiger partial charge on any atom is 0.0351 e. The van der Waals surface area contributed by atoms with Gasteiger partial charge < -0.3 is 5.32 Å². The molecule has 1 aromatic carbocycles. The van der Waals surface area contributed by atoms with E-state index in [2.05, 4.69) is 43.4 Å². The van der Waals surface area contributed by atoms with Crippen molar-refractivity contribution in [3.05, 3.63) is 35.4 Å². The van der Waals surface area contributed by atoms with Gasteiger partial charge in [-0.3, -0.25) is 0 Å². The molecule has 1 heteroatoms. The average Bonchev–Trinajstić information content (AvgIpc) is 3.07. The van der Waals surface area contributed by atoms with Crippen molar-refractivity contribution in [2.45, 2.75) is 52.0 Å². The van der Waals surface area contributed by atoms with Crippen LogP contribution < -0.4 is 5.32 Å². The molecule has 1 N–H and O–H groups in total. The largest absolute Gasteiger partial charge is 0.310 e. The summed E-state index contributed by atoms with van der Waals surface area (Å²) in [6.45, 7) is 5.54. The first kappa shape index (κ1) is 13.2. The second-order valence-corrected chi connectivity index (χ2v) is 6.47. The lowest BCUT2D eigenvalue weighted by atomic mass is 9.80. The fourth-order valence-electron chi connectivity index (χ4n) is 4.40. The van der Waals surface area contributed by atoms with E-state index in [9.17, 15) is 0 Å². The molecule has 0 aliphatic heterocycles. The summed E-state index contributed by atoms with van der Waals surface area (Å²) < 4.78 is 0. The zero-order valence-electron chi connectivity index (χ0n) is 12.4. The number of hydrogen-bond donors (Lipinski definition) is 1. The van der Waals surface area contributed by atoms with E-state index < -0.39 is 0 Å². The zero-order valence-corrected chi connectivity index (χ0v) is 12.4. The lowest BCUT2D eigenvalue weighted by Gasteiger charge is -2.31. The van der Waals surface area contributed by atoms with E-state index in [1.165, 1.54) is 36.8 Å². The molecular weight excluding hydrogens is 230 g/mol. The normalized spacial score (nSPS) is 30.7. The van der Waals surface area contributed by atoms with Crippen molar-refractivity contribution in [3.63, 3.8) is 0 Å². The van der Waals surface area contributed by atoms with Crippen LogP contribution in [-0.2, 0) is 6.42 Å². The third-order valence-corrected chi connectivity index (χ3v) is 5.39. The standard InChI is InChI=1S/C18H27N/c1-3-13-5-8-15(9-6-13)18(19-4-2)17-12-14-7-10-16(17)11-14/h5-6,8-9,14,16-19H,3-4,7,10-12H2,1-2H3. The van der Waals surface area contributed by atoms with Crippen LogP contribution in [0.3, 0.4) is 0 Å². The molecule has 0 radical (unpaired) electrons. The number of hydrogen-bond acceptors (Lipinski definition) is 1. The number of rotatable bonds is 5. The molecule has 2 bridgehead atoms. The molecule has 0 aromatic heterocycles. The Labute approximate surface area is 117 Å². The van der Waals surface area contributed by atoms with E-state index in [-0.39, 0.29) is 0 Å². The van der Waals surface area contributed by atoms with Crippen LogP contribution in [-0.4, -0.2) is 6.54 Å². The van der Waals surface area contributed by atoms with Gasteiger partial charge in [-0.05, 0) is 61.1 Å². The molecule has 1 aromatic rings. The van der Waals surface area contributed by atoms with Gasteiger partial charge in [-0.15, -0.1) is 0 Å². The van der Waals surface area contributed by atoms with E-state index in [0.717, 1.165) is 30.7 Å². The summed E-state index contributed by atoms with van der Waals surface area (Å²) in [5.41, 5.74) is 2.96. The lowest BCUT2D eigenvalue weighted by Crippen LogP contribution is -2.31. The van der Waals surface area contributed by atoms with Gasteiger partial charge in [-0.1, -0.05) is 44.5 Å². The Morgan fingerprint density at radius 1 is 1.11 bits per heavy atom. The quantitative estimate of drug-likeness (QED) is 0.827. The van der Waals surface area contributed by atoms with Gasteiger partial charge in [-0.2, -0.15) is 0 Å². The second kappa shape index (κ2) is 5.66. The molecule has 104 valence electrons. The number of aryl methyl sites for hydroxylation is 1. The molecule has 3 rings (SSSR count). The highest BCUT2D eigenvalue weighted by atomic mass is 14.9. The van der Waals surface area contributed by atoms with Crippen molar-refractivity contribution >= 4 is 0 Å². The molecule has 1 nitrogen and oxygen atoms in total. The highest BCUT2D eigenvalue weighted by molar-refractivity contribution is 5.26. The first-order chi connectivity index (χ1) is 9.31. The average molecular weight is 257 g/mol. The van der Waals surface area contributed by atoms with Gasteiger partial charge in [0.2, 0.25) is 0 Å². The van der Waals surface area contributed by atoms with Gasteiger partial charge in [-0.25, -0.2) is 0 Å². The van der Waals surface area contributed by atoms with Crippen LogP contribution in [0.15, 0.2) is 24.3 Å². The van der Waals surface area contributed by atoms with Crippen molar-refractivity contribution in [3.8, 4) is 0 Å². The monoisotopic (exact) mass is 257 g/mol. The summed E-state index contributed by atoms with van der Waals surface area (Å²) in [6.07, 6.45) is 7.07. The van der Waals surface area contributed by atoms with Crippen molar-refractivity contribution in [1.29, 1.82) is 0 Å². The third-order valence-electron chi connectivity index (χ3n) is 5.39. The Balaban J connectivity index is 1.79.